The third kappa shape index (κ3) is 4.62. The number of rotatable bonds is 4. The molecule has 1 aromatic carbocycles. The van der Waals surface area contributed by atoms with Gasteiger partial charge in [-0.15, -0.1) is 0 Å². The second-order valence-corrected chi connectivity index (χ2v) is 6.45. The zero-order valence-electron chi connectivity index (χ0n) is 11.3. The van der Waals surface area contributed by atoms with Crippen molar-refractivity contribution in [1.29, 1.82) is 0 Å². The summed E-state index contributed by atoms with van der Waals surface area (Å²) in [5.74, 6) is 0.0223. The Labute approximate surface area is 123 Å². The molecule has 3 nitrogen and oxygen atoms in total. The predicted octanol–water partition coefficient (Wildman–Crippen LogP) is 3.70. The summed E-state index contributed by atoms with van der Waals surface area (Å²) < 4.78 is 1.01. The number of carbonyl (C=O) groups excluding carboxylic acids is 1. The zero-order valence-corrected chi connectivity index (χ0v) is 12.9. The highest BCUT2D eigenvalue weighted by atomic mass is 79.9. The molecule has 0 spiro atoms. The average molecular weight is 325 g/mol. The molecular weight excluding hydrogens is 304 g/mol. The number of hydrogen-bond donors (Lipinski definition) is 2. The molecule has 0 radical (unpaired) electrons. The molecular formula is C15H21BrN2O. The highest BCUT2D eigenvalue weighted by molar-refractivity contribution is 9.10. The molecule has 1 saturated carbocycles. The Kier molecular flexibility index (Phi) is 4.99. The number of amides is 1. The third-order valence-electron chi connectivity index (χ3n) is 3.76. The second-order valence-electron chi connectivity index (χ2n) is 5.53. The van der Waals surface area contributed by atoms with Gasteiger partial charge >= 0.3 is 0 Å². The molecule has 0 saturated heterocycles. The molecule has 0 bridgehead atoms. The van der Waals surface area contributed by atoms with Crippen LogP contribution in [0, 0.1) is 0 Å². The molecule has 1 aliphatic carbocycles. The molecule has 0 heterocycles. The summed E-state index contributed by atoms with van der Waals surface area (Å²) in [7, 11) is 0. The molecule has 0 atom stereocenters. The molecule has 0 unspecified atom stereocenters. The molecule has 19 heavy (non-hydrogen) atoms. The van der Waals surface area contributed by atoms with Gasteiger partial charge in [0, 0.05) is 15.7 Å². The largest absolute Gasteiger partial charge is 0.325 e. The lowest BCUT2D eigenvalue weighted by molar-refractivity contribution is -0.115. The van der Waals surface area contributed by atoms with Crippen molar-refractivity contribution in [2.75, 3.05) is 11.9 Å². The molecule has 0 aliphatic heterocycles. The first kappa shape index (κ1) is 14.5. The SMILES string of the molecule is CC1(NCC(=O)Nc2ccc(Br)cc2)CCCCC1. The van der Waals surface area contributed by atoms with Crippen LogP contribution in [-0.2, 0) is 4.79 Å². The van der Waals surface area contributed by atoms with E-state index in [1.165, 1.54) is 32.1 Å². The second kappa shape index (κ2) is 6.53. The Hall–Kier alpha value is -0.870. The van der Waals surface area contributed by atoms with Crippen LogP contribution in [0.3, 0.4) is 0 Å². The fourth-order valence-electron chi connectivity index (χ4n) is 2.54. The number of hydrogen-bond acceptors (Lipinski definition) is 2. The van der Waals surface area contributed by atoms with E-state index in [-0.39, 0.29) is 11.4 Å². The Balaban J connectivity index is 1.79. The van der Waals surface area contributed by atoms with Gasteiger partial charge in [-0.3, -0.25) is 4.79 Å². The molecule has 1 fully saturated rings. The van der Waals surface area contributed by atoms with Gasteiger partial charge < -0.3 is 10.6 Å². The quantitative estimate of drug-likeness (QED) is 0.886. The van der Waals surface area contributed by atoms with Crippen molar-refractivity contribution in [3.05, 3.63) is 28.7 Å². The van der Waals surface area contributed by atoms with Crippen LogP contribution in [0.4, 0.5) is 5.69 Å². The minimum atomic E-state index is 0.0223. The predicted molar refractivity (Wildman–Crippen MR) is 82.3 cm³/mol. The van der Waals surface area contributed by atoms with Crippen LogP contribution in [0.15, 0.2) is 28.7 Å². The van der Waals surface area contributed by atoms with Crippen LogP contribution in [-0.4, -0.2) is 18.0 Å². The van der Waals surface area contributed by atoms with Crippen molar-refractivity contribution < 1.29 is 4.79 Å². The number of benzene rings is 1. The van der Waals surface area contributed by atoms with E-state index in [0.29, 0.717) is 6.54 Å². The van der Waals surface area contributed by atoms with Gasteiger partial charge in [-0.25, -0.2) is 0 Å². The van der Waals surface area contributed by atoms with Crippen LogP contribution in [0.1, 0.15) is 39.0 Å². The Morgan fingerprint density at radius 3 is 2.47 bits per heavy atom. The number of halogens is 1. The first-order valence-corrected chi connectivity index (χ1v) is 7.67. The fourth-order valence-corrected chi connectivity index (χ4v) is 2.81. The Bertz CT molecular complexity index is 424. The van der Waals surface area contributed by atoms with Gasteiger partial charge in [0.25, 0.3) is 0 Å². The Morgan fingerprint density at radius 1 is 1.21 bits per heavy atom. The summed E-state index contributed by atoms with van der Waals surface area (Å²) in [6, 6.07) is 7.63. The summed E-state index contributed by atoms with van der Waals surface area (Å²) >= 11 is 3.38. The lowest BCUT2D eigenvalue weighted by Gasteiger charge is -2.34. The van der Waals surface area contributed by atoms with Crippen molar-refractivity contribution >= 4 is 27.5 Å². The standard InChI is InChI=1S/C15H21BrN2O/c1-15(9-3-2-4-10-15)17-11-14(19)18-13-7-5-12(16)6-8-13/h5-8,17H,2-4,9-11H2,1H3,(H,18,19). The summed E-state index contributed by atoms with van der Waals surface area (Å²) in [5, 5.41) is 6.31. The number of carbonyl (C=O) groups is 1. The minimum Gasteiger partial charge on any atom is -0.325 e. The molecule has 4 heteroatoms. The van der Waals surface area contributed by atoms with E-state index in [4.69, 9.17) is 0 Å². The first-order valence-electron chi connectivity index (χ1n) is 6.88. The monoisotopic (exact) mass is 324 g/mol. The van der Waals surface area contributed by atoms with Gasteiger partial charge in [-0.05, 0) is 44.0 Å². The van der Waals surface area contributed by atoms with Gasteiger partial charge in [-0.1, -0.05) is 35.2 Å². The van der Waals surface area contributed by atoms with Crippen molar-refractivity contribution in [2.24, 2.45) is 0 Å². The normalized spacial score (nSPS) is 18.0. The molecule has 0 aromatic heterocycles. The molecule has 104 valence electrons. The molecule has 2 rings (SSSR count). The van der Waals surface area contributed by atoms with Gasteiger partial charge in [0.1, 0.15) is 0 Å². The van der Waals surface area contributed by atoms with Crippen LogP contribution in [0.2, 0.25) is 0 Å². The van der Waals surface area contributed by atoms with E-state index in [0.717, 1.165) is 10.2 Å². The summed E-state index contributed by atoms with van der Waals surface area (Å²) in [4.78, 5) is 11.9. The van der Waals surface area contributed by atoms with Gasteiger partial charge in [0.15, 0.2) is 0 Å². The lowest BCUT2D eigenvalue weighted by Crippen LogP contribution is -2.47. The number of anilines is 1. The van der Waals surface area contributed by atoms with Gasteiger partial charge in [0.2, 0.25) is 5.91 Å². The highest BCUT2D eigenvalue weighted by Crippen LogP contribution is 2.27. The maximum Gasteiger partial charge on any atom is 0.238 e. The van der Waals surface area contributed by atoms with Crippen molar-refractivity contribution in [2.45, 2.75) is 44.6 Å². The maximum atomic E-state index is 11.9. The summed E-state index contributed by atoms with van der Waals surface area (Å²) in [5.41, 5.74) is 0.971. The van der Waals surface area contributed by atoms with E-state index < -0.39 is 0 Å². The third-order valence-corrected chi connectivity index (χ3v) is 4.29. The van der Waals surface area contributed by atoms with Gasteiger partial charge in [0.05, 0.1) is 6.54 Å². The topological polar surface area (TPSA) is 41.1 Å². The smallest absolute Gasteiger partial charge is 0.238 e. The summed E-state index contributed by atoms with van der Waals surface area (Å²) in [6.45, 7) is 2.60. The van der Waals surface area contributed by atoms with E-state index >= 15 is 0 Å². The van der Waals surface area contributed by atoms with Crippen LogP contribution in [0.5, 0.6) is 0 Å². The number of nitrogens with one attached hydrogen (secondary N) is 2. The highest BCUT2D eigenvalue weighted by Gasteiger charge is 2.26. The van der Waals surface area contributed by atoms with Crippen LogP contribution >= 0.6 is 15.9 Å². The minimum absolute atomic E-state index is 0.0223. The maximum absolute atomic E-state index is 11.9. The van der Waals surface area contributed by atoms with Crippen LogP contribution in [0.25, 0.3) is 0 Å². The van der Waals surface area contributed by atoms with Crippen molar-refractivity contribution in [3.63, 3.8) is 0 Å². The molecule has 1 aliphatic rings. The van der Waals surface area contributed by atoms with Gasteiger partial charge in [-0.2, -0.15) is 0 Å². The fraction of sp³-hybridized carbons (Fsp3) is 0.533. The van der Waals surface area contributed by atoms with Crippen molar-refractivity contribution in [1.82, 2.24) is 5.32 Å². The molecule has 1 amide bonds. The van der Waals surface area contributed by atoms with E-state index in [9.17, 15) is 4.79 Å². The molecule has 1 aromatic rings. The van der Waals surface area contributed by atoms with E-state index in [1.807, 2.05) is 24.3 Å². The first-order chi connectivity index (χ1) is 9.07. The zero-order chi connectivity index (χ0) is 13.7. The van der Waals surface area contributed by atoms with E-state index in [2.05, 4.69) is 33.5 Å². The summed E-state index contributed by atoms with van der Waals surface area (Å²) in [6.07, 6.45) is 6.18. The Morgan fingerprint density at radius 2 is 1.84 bits per heavy atom. The van der Waals surface area contributed by atoms with E-state index in [1.54, 1.807) is 0 Å². The lowest BCUT2D eigenvalue weighted by atomic mass is 9.83. The molecule has 2 N–H and O–H groups in total. The van der Waals surface area contributed by atoms with Crippen molar-refractivity contribution in [3.8, 4) is 0 Å². The van der Waals surface area contributed by atoms with Crippen LogP contribution < -0.4 is 10.6 Å². The average Bonchev–Trinajstić information content (AvgIpc) is 2.40.